The molecule has 2 heterocycles. The van der Waals surface area contributed by atoms with Crippen LogP contribution in [0, 0.1) is 0 Å². The van der Waals surface area contributed by atoms with Gasteiger partial charge in [0.1, 0.15) is 23.1 Å². The maximum absolute atomic E-state index is 13.4. The number of carbonyl (C=O) groups excluding carboxylic acids is 2. The van der Waals surface area contributed by atoms with Crippen LogP contribution in [0.1, 0.15) is 50.0 Å². The summed E-state index contributed by atoms with van der Waals surface area (Å²) in [5, 5.41) is 2.60. The molecule has 0 radical (unpaired) electrons. The number of carbonyl (C=O) groups is 2. The molecule has 2 aromatic rings. The second kappa shape index (κ2) is 11.2. The summed E-state index contributed by atoms with van der Waals surface area (Å²) in [4.78, 5) is 30.5. The van der Waals surface area contributed by atoms with Gasteiger partial charge in [0, 0.05) is 19.0 Å². The number of alkyl halides is 3. The largest absolute Gasteiger partial charge is 0.458 e. The molecule has 3 rings (SSSR count). The molecule has 1 N–H and O–H groups in total. The number of hydrogen-bond donors (Lipinski definition) is 1. The predicted octanol–water partition coefficient (Wildman–Crippen LogP) is 6.37. The Morgan fingerprint density at radius 1 is 1.19 bits per heavy atom. The maximum Gasteiger partial charge on any atom is 0.416 e. The predicted molar refractivity (Wildman–Crippen MR) is 133 cm³/mol. The number of fused-ring (bicyclic) bond motifs is 1. The van der Waals surface area contributed by atoms with Crippen LogP contribution in [0.2, 0.25) is 0 Å². The van der Waals surface area contributed by atoms with Crippen molar-refractivity contribution in [3.63, 3.8) is 0 Å². The molecule has 1 aromatic heterocycles. The molecule has 0 unspecified atom stereocenters. The third kappa shape index (κ3) is 6.41. The zero-order valence-corrected chi connectivity index (χ0v) is 20.6. The zero-order chi connectivity index (χ0) is 26.5. The van der Waals surface area contributed by atoms with Gasteiger partial charge in [-0.3, -0.25) is 14.5 Å². The number of halogens is 3. The highest BCUT2D eigenvalue weighted by molar-refractivity contribution is 6.08. The lowest BCUT2D eigenvalue weighted by atomic mass is 9.98. The number of nitrogens with zero attached hydrogens (tertiary/aromatic N) is 2. The summed E-state index contributed by atoms with van der Waals surface area (Å²) in [7, 11) is 0. The highest BCUT2D eigenvalue weighted by atomic mass is 19.4. The molecule has 190 valence electrons. The van der Waals surface area contributed by atoms with Crippen LogP contribution < -0.4 is 15.0 Å². The van der Waals surface area contributed by atoms with Crippen molar-refractivity contribution in [3.8, 4) is 5.75 Å². The van der Waals surface area contributed by atoms with Gasteiger partial charge in [0.2, 0.25) is 5.91 Å². The van der Waals surface area contributed by atoms with E-state index >= 15 is 0 Å². The highest BCUT2D eigenvalue weighted by Gasteiger charge is 2.33. The number of hydrogen-bond acceptors (Lipinski definition) is 4. The number of allylic oxidation sites excluding steroid dienone is 5. The summed E-state index contributed by atoms with van der Waals surface area (Å²) in [6.45, 7) is 6.56. The van der Waals surface area contributed by atoms with Crippen LogP contribution in [0.25, 0.3) is 0 Å². The van der Waals surface area contributed by atoms with Gasteiger partial charge in [-0.1, -0.05) is 24.6 Å². The van der Waals surface area contributed by atoms with Crippen molar-refractivity contribution >= 4 is 23.5 Å². The summed E-state index contributed by atoms with van der Waals surface area (Å²) >= 11 is 0. The van der Waals surface area contributed by atoms with Crippen molar-refractivity contribution in [1.82, 2.24) is 4.98 Å². The van der Waals surface area contributed by atoms with E-state index in [9.17, 15) is 22.8 Å². The summed E-state index contributed by atoms with van der Waals surface area (Å²) < 4.78 is 46.0. The van der Waals surface area contributed by atoms with Gasteiger partial charge in [0.15, 0.2) is 0 Å². The third-order valence-electron chi connectivity index (χ3n) is 5.71. The maximum atomic E-state index is 13.4. The van der Waals surface area contributed by atoms with Gasteiger partial charge in [0.05, 0.1) is 5.57 Å². The summed E-state index contributed by atoms with van der Waals surface area (Å²) in [6, 6.07) is 10.1. The Hall–Kier alpha value is -3.88. The number of pyridine rings is 1. The number of ether oxygens (including phenoxy) is 1. The van der Waals surface area contributed by atoms with Gasteiger partial charge in [-0.15, -0.1) is 0 Å². The SMILES string of the molecule is C/C=C(\C=C/C(=C(C)CC)C(F)(F)F)Oc1ccc2c(c1)C(=O)N(c1cccc(NC(C)=O)n1)CC2. The van der Waals surface area contributed by atoms with Crippen LogP contribution in [-0.4, -0.2) is 29.5 Å². The molecule has 6 nitrogen and oxygen atoms in total. The molecule has 9 heteroatoms. The van der Waals surface area contributed by atoms with Crippen molar-refractivity contribution in [3.05, 3.63) is 82.7 Å². The molecule has 0 bridgehead atoms. The quantitative estimate of drug-likeness (QED) is 0.355. The number of anilines is 2. The fourth-order valence-electron chi connectivity index (χ4n) is 3.72. The van der Waals surface area contributed by atoms with E-state index in [1.54, 1.807) is 56.3 Å². The van der Waals surface area contributed by atoms with E-state index in [1.807, 2.05) is 0 Å². The third-order valence-corrected chi connectivity index (χ3v) is 5.71. The van der Waals surface area contributed by atoms with E-state index in [0.717, 1.165) is 11.6 Å². The molecule has 0 spiro atoms. The standard InChI is InChI=1S/C27H28F3N3O3/c1-5-17(3)23(27(28,29)30)13-12-20(6-2)36-21-11-10-19-14-15-33(26(35)22(19)16-21)25-9-7-8-24(32-25)31-18(4)34/h6-13,16H,5,14-15H2,1-4H3,(H,31,32,34)/b13-12-,20-6+,23-17?. The van der Waals surface area contributed by atoms with Crippen molar-refractivity contribution in [2.45, 2.75) is 46.7 Å². The average molecular weight is 500 g/mol. The molecule has 0 atom stereocenters. The lowest BCUT2D eigenvalue weighted by Crippen LogP contribution is -2.38. The van der Waals surface area contributed by atoms with Crippen molar-refractivity contribution in [1.29, 1.82) is 0 Å². The molecular formula is C27H28F3N3O3. The van der Waals surface area contributed by atoms with Gasteiger partial charge >= 0.3 is 6.18 Å². The Kier molecular flexibility index (Phi) is 8.34. The van der Waals surface area contributed by atoms with Crippen molar-refractivity contribution < 1.29 is 27.5 Å². The number of benzene rings is 1. The summed E-state index contributed by atoms with van der Waals surface area (Å²) in [5.41, 5.74) is 0.769. The molecule has 1 aliphatic heterocycles. The first-order chi connectivity index (χ1) is 17.0. The van der Waals surface area contributed by atoms with Crippen LogP contribution in [0.3, 0.4) is 0 Å². The first kappa shape index (κ1) is 26.7. The normalized spacial score (nSPS) is 15.0. The van der Waals surface area contributed by atoms with Gasteiger partial charge in [0.25, 0.3) is 5.91 Å². The number of rotatable bonds is 7. The number of amides is 2. The number of aromatic nitrogens is 1. The van der Waals surface area contributed by atoms with E-state index in [1.165, 1.54) is 24.8 Å². The molecule has 0 fully saturated rings. The molecule has 0 saturated carbocycles. The van der Waals surface area contributed by atoms with E-state index in [0.29, 0.717) is 35.9 Å². The first-order valence-electron chi connectivity index (χ1n) is 11.5. The second-order valence-corrected chi connectivity index (χ2v) is 8.26. The first-order valence-corrected chi connectivity index (χ1v) is 11.5. The van der Waals surface area contributed by atoms with Crippen LogP contribution in [-0.2, 0) is 11.2 Å². The lowest BCUT2D eigenvalue weighted by Gasteiger charge is -2.28. The second-order valence-electron chi connectivity index (χ2n) is 8.26. The van der Waals surface area contributed by atoms with Gasteiger partial charge in [-0.2, -0.15) is 13.2 Å². The fourth-order valence-corrected chi connectivity index (χ4v) is 3.72. The highest BCUT2D eigenvalue weighted by Crippen LogP contribution is 2.31. The zero-order valence-electron chi connectivity index (χ0n) is 20.6. The molecule has 36 heavy (non-hydrogen) atoms. The van der Waals surface area contributed by atoms with Crippen LogP contribution in [0.15, 0.2) is 71.5 Å². The van der Waals surface area contributed by atoms with E-state index < -0.39 is 11.7 Å². The fraction of sp³-hybridized carbons (Fsp3) is 0.296. The molecule has 0 aliphatic carbocycles. The van der Waals surface area contributed by atoms with Gasteiger partial charge in [-0.05, 0) is 74.7 Å². The smallest absolute Gasteiger partial charge is 0.416 e. The van der Waals surface area contributed by atoms with Crippen LogP contribution >= 0.6 is 0 Å². The molecular weight excluding hydrogens is 471 g/mol. The Bertz CT molecular complexity index is 1250. The van der Waals surface area contributed by atoms with Crippen LogP contribution in [0.5, 0.6) is 5.75 Å². The van der Waals surface area contributed by atoms with E-state index in [4.69, 9.17) is 4.74 Å². The Balaban J connectivity index is 1.83. The van der Waals surface area contributed by atoms with Crippen molar-refractivity contribution in [2.24, 2.45) is 0 Å². The summed E-state index contributed by atoms with van der Waals surface area (Å²) in [6.07, 6.45) is 0.219. The Labute approximate surface area is 208 Å². The molecule has 1 aromatic carbocycles. The Morgan fingerprint density at radius 2 is 1.94 bits per heavy atom. The van der Waals surface area contributed by atoms with E-state index in [2.05, 4.69) is 10.3 Å². The monoisotopic (exact) mass is 499 g/mol. The summed E-state index contributed by atoms with van der Waals surface area (Å²) in [5.74, 6) is 0.724. The minimum Gasteiger partial charge on any atom is -0.458 e. The number of nitrogens with one attached hydrogen (secondary N) is 1. The van der Waals surface area contributed by atoms with Crippen LogP contribution in [0.4, 0.5) is 24.8 Å². The molecule has 2 amide bonds. The van der Waals surface area contributed by atoms with Gasteiger partial charge < -0.3 is 10.1 Å². The molecule has 0 saturated heterocycles. The lowest BCUT2D eigenvalue weighted by molar-refractivity contribution is -0.114. The molecule has 1 aliphatic rings. The minimum absolute atomic E-state index is 0.213. The van der Waals surface area contributed by atoms with E-state index in [-0.39, 0.29) is 29.6 Å². The topological polar surface area (TPSA) is 71.5 Å². The van der Waals surface area contributed by atoms with Gasteiger partial charge in [-0.25, -0.2) is 4.98 Å². The van der Waals surface area contributed by atoms with Crippen molar-refractivity contribution in [2.75, 3.05) is 16.8 Å². The Morgan fingerprint density at radius 3 is 2.58 bits per heavy atom. The minimum atomic E-state index is -4.47. The average Bonchev–Trinajstić information content (AvgIpc) is 2.82.